The van der Waals surface area contributed by atoms with E-state index < -0.39 is 0 Å². The van der Waals surface area contributed by atoms with Crippen LogP contribution in [0.2, 0.25) is 0 Å². The van der Waals surface area contributed by atoms with Crippen molar-refractivity contribution in [2.24, 2.45) is 5.92 Å². The molecule has 0 amide bonds. The van der Waals surface area contributed by atoms with Gasteiger partial charge in [-0.25, -0.2) is 4.98 Å². The number of hydrogen-bond donors (Lipinski definition) is 0. The number of benzene rings is 1. The van der Waals surface area contributed by atoms with Crippen molar-refractivity contribution >= 4 is 28.2 Å². The number of alkyl halides is 1. The summed E-state index contributed by atoms with van der Waals surface area (Å²) in [6, 6.07) is 8.13. The largest absolute Gasteiger partial charge is 0.497 e. The fraction of sp³-hybridized carbons (Fsp3) is 0.438. The van der Waals surface area contributed by atoms with Crippen molar-refractivity contribution in [2.75, 3.05) is 25.1 Å². The Morgan fingerprint density at radius 1 is 1.35 bits per heavy atom. The van der Waals surface area contributed by atoms with E-state index in [1.165, 1.54) is 0 Å². The molecule has 2 unspecified atom stereocenters. The van der Waals surface area contributed by atoms with Crippen LogP contribution in [0.1, 0.15) is 13.3 Å². The highest BCUT2D eigenvalue weighted by atomic mass is 35.5. The van der Waals surface area contributed by atoms with Gasteiger partial charge in [-0.05, 0) is 42.0 Å². The molecule has 0 N–H and O–H groups in total. The van der Waals surface area contributed by atoms with E-state index in [-0.39, 0.29) is 5.38 Å². The van der Waals surface area contributed by atoms with E-state index in [0.717, 1.165) is 41.9 Å². The minimum absolute atomic E-state index is 0.194. The highest BCUT2D eigenvalue weighted by Gasteiger charge is 2.25. The molecule has 1 fully saturated rings. The van der Waals surface area contributed by atoms with Crippen LogP contribution < -0.4 is 9.64 Å². The Balaban J connectivity index is 1.99. The molecule has 0 spiro atoms. The van der Waals surface area contributed by atoms with Crippen LogP contribution in [-0.2, 0) is 0 Å². The minimum atomic E-state index is 0.194. The molecule has 0 aliphatic carbocycles. The van der Waals surface area contributed by atoms with Gasteiger partial charge in [0.25, 0.3) is 0 Å². The fourth-order valence-corrected chi connectivity index (χ4v) is 3.03. The summed E-state index contributed by atoms with van der Waals surface area (Å²) in [4.78, 5) is 6.87. The molecule has 0 saturated carbocycles. The smallest absolute Gasteiger partial charge is 0.136 e. The summed E-state index contributed by atoms with van der Waals surface area (Å²) in [7, 11) is 1.69. The van der Waals surface area contributed by atoms with Gasteiger partial charge in [-0.15, -0.1) is 11.6 Å². The number of hydrogen-bond acceptors (Lipinski definition) is 3. The van der Waals surface area contributed by atoms with Gasteiger partial charge in [0.05, 0.1) is 12.5 Å². The normalized spacial score (nSPS) is 23.1. The number of rotatable bonds is 2. The SMILES string of the molecule is COc1ccc2c(N3CCC(C)C(Cl)C3)nccc2c1. The van der Waals surface area contributed by atoms with Crippen LogP contribution in [-0.4, -0.2) is 30.6 Å². The summed E-state index contributed by atoms with van der Waals surface area (Å²) >= 11 is 6.42. The lowest BCUT2D eigenvalue weighted by Crippen LogP contribution is -2.40. The molecule has 3 nitrogen and oxygen atoms in total. The van der Waals surface area contributed by atoms with Crippen molar-refractivity contribution in [1.29, 1.82) is 0 Å². The Bertz CT molecular complexity index is 616. The van der Waals surface area contributed by atoms with Crippen molar-refractivity contribution in [3.63, 3.8) is 0 Å². The second-order valence-corrected chi connectivity index (χ2v) is 6.01. The summed E-state index contributed by atoms with van der Waals surface area (Å²) in [5.74, 6) is 2.47. The molecule has 0 bridgehead atoms. The van der Waals surface area contributed by atoms with Crippen LogP contribution in [0.25, 0.3) is 10.8 Å². The van der Waals surface area contributed by atoms with E-state index in [1.54, 1.807) is 7.11 Å². The van der Waals surface area contributed by atoms with Crippen molar-refractivity contribution in [2.45, 2.75) is 18.7 Å². The number of piperidine rings is 1. The van der Waals surface area contributed by atoms with Crippen molar-refractivity contribution in [3.8, 4) is 5.75 Å². The number of pyridine rings is 1. The third-order valence-corrected chi connectivity index (χ3v) is 4.68. The molecule has 2 heterocycles. The summed E-state index contributed by atoms with van der Waals surface area (Å²) in [5, 5.41) is 2.50. The maximum absolute atomic E-state index is 6.42. The predicted molar refractivity (Wildman–Crippen MR) is 83.9 cm³/mol. The first-order chi connectivity index (χ1) is 9.69. The standard InChI is InChI=1S/C16H19ClN2O/c1-11-6-8-19(10-15(11)17)16-14-4-3-13(20-2)9-12(14)5-7-18-16/h3-5,7,9,11,15H,6,8,10H2,1-2H3. The lowest BCUT2D eigenvalue weighted by molar-refractivity contribution is 0.415. The first-order valence-electron chi connectivity index (χ1n) is 7.01. The van der Waals surface area contributed by atoms with E-state index in [2.05, 4.69) is 22.9 Å². The Morgan fingerprint density at radius 2 is 2.20 bits per heavy atom. The van der Waals surface area contributed by atoms with Crippen molar-refractivity contribution in [1.82, 2.24) is 4.98 Å². The average Bonchev–Trinajstić information content (AvgIpc) is 2.49. The van der Waals surface area contributed by atoms with Crippen molar-refractivity contribution < 1.29 is 4.74 Å². The molecule has 20 heavy (non-hydrogen) atoms. The van der Waals surface area contributed by atoms with Gasteiger partial charge in [0, 0.05) is 24.7 Å². The van der Waals surface area contributed by atoms with Gasteiger partial charge >= 0.3 is 0 Å². The number of ether oxygens (including phenoxy) is 1. The van der Waals surface area contributed by atoms with Gasteiger partial charge in [-0.1, -0.05) is 6.92 Å². The van der Waals surface area contributed by atoms with E-state index in [9.17, 15) is 0 Å². The molecular formula is C16H19ClN2O. The molecule has 1 aromatic carbocycles. The second kappa shape index (κ2) is 5.49. The van der Waals surface area contributed by atoms with Crippen molar-refractivity contribution in [3.05, 3.63) is 30.5 Å². The Kier molecular flexibility index (Phi) is 3.70. The molecule has 2 aromatic rings. The van der Waals surface area contributed by atoms with Gasteiger partial charge in [-0.3, -0.25) is 0 Å². The molecule has 1 saturated heterocycles. The van der Waals surface area contributed by atoms with Crippen LogP contribution in [0, 0.1) is 5.92 Å². The topological polar surface area (TPSA) is 25.4 Å². The Hall–Kier alpha value is -1.48. The summed E-state index contributed by atoms with van der Waals surface area (Å²) in [6.45, 7) is 4.10. The summed E-state index contributed by atoms with van der Waals surface area (Å²) < 4.78 is 5.28. The van der Waals surface area contributed by atoms with Crippen LogP contribution in [0.3, 0.4) is 0 Å². The average molecular weight is 291 g/mol. The first kappa shape index (κ1) is 13.5. The zero-order valence-corrected chi connectivity index (χ0v) is 12.6. The molecule has 0 radical (unpaired) electrons. The van der Waals surface area contributed by atoms with Gasteiger partial charge in [0.1, 0.15) is 11.6 Å². The molecular weight excluding hydrogens is 272 g/mol. The van der Waals surface area contributed by atoms with Crippen LogP contribution in [0.5, 0.6) is 5.75 Å². The summed E-state index contributed by atoms with van der Waals surface area (Å²) in [5.41, 5.74) is 0. The van der Waals surface area contributed by atoms with E-state index in [4.69, 9.17) is 16.3 Å². The number of methoxy groups -OCH3 is 1. The first-order valence-corrected chi connectivity index (χ1v) is 7.44. The number of aromatic nitrogens is 1. The van der Waals surface area contributed by atoms with Gasteiger partial charge in [0.2, 0.25) is 0 Å². The van der Waals surface area contributed by atoms with Crippen LogP contribution in [0.15, 0.2) is 30.5 Å². The van der Waals surface area contributed by atoms with Crippen LogP contribution >= 0.6 is 11.6 Å². The molecule has 106 valence electrons. The molecule has 1 aliphatic rings. The highest BCUT2D eigenvalue weighted by Crippen LogP contribution is 2.31. The number of fused-ring (bicyclic) bond motifs is 1. The minimum Gasteiger partial charge on any atom is -0.497 e. The lowest BCUT2D eigenvalue weighted by Gasteiger charge is -2.35. The zero-order chi connectivity index (χ0) is 14.1. The highest BCUT2D eigenvalue weighted by molar-refractivity contribution is 6.21. The third kappa shape index (κ3) is 2.42. The third-order valence-electron chi connectivity index (χ3n) is 4.12. The number of nitrogens with zero attached hydrogens (tertiary/aromatic N) is 2. The van der Waals surface area contributed by atoms with E-state index in [0.29, 0.717) is 5.92 Å². The van der Waals surface area contributed by atoms with E-state index in [1.807, 2.05) is 24.4 Å². The van der Waals surface area contributed by atoms with Crippen LogP contribution in [0.4, 0.5) is 5.82 Å². The molecule has 1 aliphatic heterocycles. The van der Waals surface area contributed by atoms with Gasteiger partial charge in [-0.2, -0.15) is 0 Å². The molecule has 1 aromatic heterocycles. The van der Waals surface area contributed by atoms with Gasteiger partial charge < -0.3 is 9.64 Å². The molecule has 3 rings (SSSR count). The number of anilines is 1. The zero-order valence-electron chi connectivity index (χ0n) is 11.8. The Labute approximate surface area is 124 Å². The second-order valence-electron chi connectivity index (χ2n) is 5.45. The predicted octanol–water partition coefficient (Wildman–Crippen LogP) is 3.70. The summed E-state index contributed by atoms with van der Waals surface area (Å²) in [6.07, 6.45) is 2.97. The maximum atomic E-state index is 6.42. The molecule has 4 heteroatoms. The monoisotopic (exact) mass is 290 g/mol. The lowest BCUT2D eigenvalue weighted by atomic mass is 9.98. The van der Waals surface area contributed by atoms with Gasteiger partial charge in [0.15, 0.2) is 0 Å². The van der Waals surface area contributed by atoms with E-state index >= 15 is 0 Å². The quantitative estimate of drug-likeness (QED) is 0.789. The Morgan fingerprint density at radius 3 is 2.95 bits per heavy atom. The number of halogens is 1. The fourth-order valence-electron chi connectivity index (χ4n) is 2.73. The maximum Gasteiger partial charge on any atom is 0.136 e. The molecule has 2 atom stereocenters.